The molecule has 0 radical (unpaired) electrons. The highest BCUT2D eigenvalue weighted by Gasteiger charge is 2.45. The fraction of sp³-hybridized carbons (Fsp3) is 0.467. The first kappa shape index (κ1) is 20.9. The number of nitro groups is 1. The van der Waals surface area contributed by atoms with E-state index in [2.05, 4.69) is 0 Å². The van der Waals surface area contributed by atoms with Crippen molar-refractivity contribution in [1.29, 1.82) is 0 Å². The second-order valence-electron chi connectivity index (χ2n) is 5.74. The van der Waals surface area contributed by atoms with E-state index in [0.29, 0.717) is 0 Å². The molecule has 0 unspecified atom stereocenters. The molecule has 1 aromatic carbocycles. The predicted octanol–water partition coefficient (Wildman–Crippen LogP) is 2.54. The molecule has 8 nitrogen and oxygen atoms in total. The topological polar surface area (TPSA) is 108 Å². The fourth-order valence-corrected chi connectivity index (χ4v) is 2.86. The van der Waals surface area contributed by atoms with E-state index >= 15 is 0 Å². The van der Waals surface area contributed by atoms with E-state index in [1.165, 1.54) is 6.92 Å². The Morgan fingerprint density at radius 3 is 2.44 bits per heavy atom. The normalized spacial score (nSPS) is 25.5. The molecular formula is C15H14ClF3N2O6. The second kappa shape index (κ2) is 8.09. The summed E-state index contributed by atoms with van der Waals surface area (Å²) >= 11 is 5.81. The van der Waals surface area contributed by atoms with Crippen LogP contribution >= 0.6 is 11.6 Å². The molecule has 1 amide bonds. The zero-order valence-electron chi connectivity index (χ0n) is 13.7. The van der Waals surface area contributed by atoms with Crippen LogP contribution in [-0.4, -0.2) is 46.8 Å². The van der Waals surface area contributed by atoms with Crippen molar-refractivity contribution in [2.45, 2.75) is 43.3 Å². The molecule has 148 valence electrons. The van der Waals surface area contributed by atoms with Crippen LogP contribution in [0.1, 0.15) is 23.7 Å². The second-order valence-corrected chi connectivity index (χ2v) is 6.23. The van der Waals surface area contributed by atoms with Gasteiger partial charge in [-0.3, -0.25) is 14.9 Å². The van der Waals surface area contributed by atoms with Crippen molar-refractivity contribution in [2.75, 3.05) is 0 Å². The summed E-state index contributed by atoms with van der Waals surface area (Å²) in [6.07, 6.45) is -7.47. The van der Waals surface area contributed by atoms with Crippen molar-refractivity contribution in [3.63, 3.8) is 0 Å². The van der Waals surface area contributed by atoms with Gasteiger partial charge in [0.2, 0.25) is 0 Å². The largest absolute Gasteiger partial charge is 0.471 e. The first-order chi connectivity index (χ1) is 12.5. The third-order valence-corrected chi connectivity index (χ3v) is 4.07. The molecule has 1 aliphatic rings. The first-order valence-electron chi connectivity index (χ1n) is 7.61. The Morgan fingerprint density at radius 2 is 1.93 bits per heavy atom. The fourth-order valence-electron chi connectivity index (χ4n) is 2.51. The molecule has 1 heterocycles. The van der Waals surface area contributed by atoms with Crippen molar-refractivity contribution in [1.82, 2.24) is 5.32 Å². The number of carbonyl (C=O) groups is 2. The lowest BCUT2D eigenvalue weighted by atomic mass is 10.00. The lowest BCUT2D eigenvalue weighted by molar-refractivity contribution is -0.384. The summed E-state index contributed by atoms with van der Waals surface area (Å²) in [5, 5.41) is 12.4. The number of esters is 1. The number of hydrogen-bond donors (Lipinski definition) is 1. The van der Waals surface area contributed by atoms with Crippen LogP contribution in [0.4, 0.5) is 18.9 Å². The summed E-state index contributed by atoms with van der Waals surface area (Å²) in [4.78, 5) is 33.4. The van der Waals surface area contributed by atoms with E-state index in [1.54, 1.807) is 5.32 Å². The van der Waals surface area contributed by atoms with Crippen LogP contribution in [0.2, 0.25) is 0 Å². The summed E-state index contributed by atoms with van der Waals surface area (Å²) in [7, 11) is 0. The Hall–Kier alpha value is -2.40. The van der Waals surface area contributed by atoms with Gasteiger partial charge < -0.3 is 14.8 Å². The van der Waals surface area contributed by atoms with Gasteiger partial charge in [0.05, 0.1) is 22.6 Å². The Morgan fingerprint density at radius 1 is 1.33 bits per heavy atom. The number of hydrogen-bond acceptors (Lipinski definition) is 6. The molecule has 0 aromatic heterocycles. The number of carbonyl (C=O) groups excluding carboxylic acids is 2. The van der Waals surface area contributed by atoms with Gasteiger partial charge in [0, 0.05) is 18.6 Å². The van der Waals surface area contributed by atoms with Gasteiger partial charge in [0.25, 0.3) is 5.69 Å². The van der Waals surface area contributed by atoms with Crippen molar-refractivity contribution in [3.05, 3.63) is 39.9 Å². The summed E-state index contributed by atoms with van der Waals surface area (Å²) in [5.74, 6) is -3.13. The molecule has 0 aliphatic carbocycles. The molecule has 27 heavy (non-hydrogen) atoms. The van der Waals surface area contributed by atoms with Crippen LogP contribution in [0.5, 0.6) is 0 Å². The molecule has 1 aliphatic heterocycles. The molecule has 1 saturated heterocycles. The summed E-state index contributed by atoms with van der Waals surface area (Å²) in [6.45, 7) is 1.43. The van der Waals surface area contributed by atoms with E-state index in [0.717, 1.165) is 24.3 Å². The van der Waals surface area contributed by atoms with Gasteiger partial charge >= 0.3 is 18.1 Å². The maximum absolute atomic E-state index is 12.5. The van der Waals surface area contributed by atoms with E-state index in [-0.39, 0.29) is 17.7 Å². The van der Waals surface area contributed by atoms with E-state index in [1.807, 2.05) is 0 Å². The molecule has 1 N–H and O–H groups in total. The summed E-state index contributed by atoms with van der Waals surface area (Å²) in [6, 6.07) is 3.21. The van der Waals surface area contributed by atoms with Crippen LogP contribution in [0, 0.1) is 10.1 Å². The average molecular weight is 411 g/mol. The van der Waals surface area contributed by atoms with Crippen molar-refractivity contribution >= 4 is 29.2 Å². The van der Waals surface area contributed by atoms with Crippen LogP contribution in [-0.2, 0) is 14.3 Å². The van der Waals surface area contributed by atoms with Gasteiger partial charge in [0.15, 0.2) is 0 Å². The van der Waals surface area contributed by atoms with Crippen LogP contribution in [0.25, 0.3) is 0 Å². The Bertz CT molecular complexity index is 727. The third kappa shape index (κ3) is 5.30. The molecule has 4 atom stereocenters. The third-order valence-electron chi connectivity index (χ3n) is 3.79. The predicted molar refractivity (Wildman–Crippen MR) is 85.1 cm³/mol. The lowest BCUT2D eigenvalue weighted by Gasteiger charge is -2.38. The SMILES string of the molecule is C[C@@H]1O[C@@H](Cl)C[C@H](NC(=O)C(F)(F)F)[C@H]1OC(=O)c1ccc([N+](=O)[O-])cc1. The Labute approximate surface area is 155 Å². The molecule has 2 rings (SSSR count). The smallest absolute Gasteiger partial charge is 0.454 e. The lowest BCUT2D eigenvalue weighted by Crippen LogP contribution is -2.57. The van der Waals surface area contributed by atoms with Crippen molar-refractivity contribution < 1.29 is 37.2 Å². The van der Waals surface area contributed by atoms with Gasteiger partial charge in [-0.25, -0.2) is 4.79 Å². The zero-order valence-corrected chi connectivity index (χ0v) is 14.5. The number of nitrogens with zero attached hydrogens (tertiary/aromatic N) is 1. The minimum atomic E-state index is -5.11. The minimum absolute atomic E-state index is 0.0540. The van der Waals surface area contributed by atoms with E-state index in [4.69, 9.17) is 21.1 Å². The number of halogens is 4. The number of non-ortho nitro benzene ring substituents is 1. The zero-order chi connectivity index (χ0) is 20.4. The standard InChI is InChI=1S/C15H14ClF3N2O6/c1-7-12(10(6-11(16)26-7)20-14(23)15(17,18)19)27-13(22)8-2-4-9(5-3-8)21(24)25/h2-5,7,10-12H,6H2,1H3,(H,20,23)/t7-,10-,11+,12-/m0/s1. The van der Waals surface area contributed by atoms with Gasteiger partial charge in [-0.1, -0.05) is 11.6 Å². The average Bonchev–Trinajstić information content (AvgIpc) is 2.56. The number of ether oxygens (including phenoxy) is 2. The monoisotopic (exact) mass is 410 g/mol. The number of benzene rings is 1. The van der Waals surface area contributed by atoms with Crippen molar-refractivity contribution in [3.8, 4) is 0 Å². The van der Waals surface area contributed by atoms with Crippen molar-refractivity contribution in [2.24, 2.45) is 0 Å². The minimum Gasteiger partial charge on any atom is -0.454 e. The van der Waals surface area contributed by atoms with Gasteiger partial charge in [-0.15, -0.1) is 0 Å². The van der Waals surface area contributed by atoms with Crippen LogP contribution in [0.3, 0.4) is 0 Å². The highest BCUT2D eigenvalue weighted by atomic mass is 35.5. The Balaban J connectivity index is 2.15. The molecular weight excluding hydrogens is 397 g/mol. The number of nitrogens with one attached hydrogen (secondary N) is 1. The Kier molecular flexibility index (Phi) is 6.26. The summed E-state index contributed by atoms with van der Waals surface area (Å²) in [5.41, 5.74) is -1.28. The number of rotatable bonds is 4. The maximum Gasteiger partial charge on any atom is 0.471 e. The molecule has 0 saturated carbocycles. The van der Waals surface area contributed by atoms with Gasteiger partial charge in [0.1, 0.15) is 11.7 Å². The quantitative estimate of drug-likeness (QED) is 0.354. The first-order valence-corrected chi connectivity index (χ1v) is 8.05. The highest BCUT2D eigenvalue weighted by molar-refractivity contribution is 6.19. The van der Waals surface area contributed by atoms with Crippen LogP contribution < -0.4 is 5.32 Å². The number of amides is 1. The van der Waals surface area contributed by atoms with E-state index < -0.39 is 46.8 Å². The number of alkyl halides is 4. The molecule has 1 aromatic rings. The van der Waals surface area contributed by atoms with E-state index in [9.17, 15) is 32.9 Å². The molecule has 12 heteroatoms. The summed E-state index contributed by atoms with van der Waals surface area (Å²) < 4.78 is 48.0. The number of nitro benzene ring substituents is 1. The molecule has 0 bridgehead atoms. The van der Waals surface area contributed by atoms with Gasteiger partial charge in [-0.05, 0) is 19.1 Å². The molecule has 0 spiro atoms. The molecule has 1 fully saturated rings. The van der Waals surface area contributed by atoms with Crippen LogP contribution in [0.15, 0.2) is 24.3 Å². The maximum atomic E-state index is 12.5. The van der Waals surface area contributed by atoms with Gasteiger partial charge in [-0.2, -0.15) is 13.2 Å². The highest BCUT2D eigenvalue weighted by Crippen LogP contribution is 2.27.